The van der Waals surface area contributed by atoms with Crippen molar-refractivity contribution in [1.29, 1.82) is 0 Å². The molecule has 7 rings (SSSR count). The number of rotatable bonds is 1. The van der Waals surface area contributed by atoms with Crippen molar-refractivity contribution in [2.75, 3.05) is 0 Å². The molecule has 1 saturated carbocycles. The van der Waals surface area contributed by atoms with Crippen LogP contribution in [0.25, 0.3) is 0 Å². The van der Waals surface area contributed by atoms with Gasteiger partial charge in [0.1, 0.15) is 9.75 Å². The number of carbonyl (C=O) groups excluding carboxylic acids is 2. The Kier molecular flexibility index (Phi) is 3.63. The Labute approximate surface area is 180 Å². The van der Waals surface area contributed by atoms with E-state index < -0.39 is 21.6 Å². The maximum absolute atomic E-state index is 13.8. The van der Waals surface area contributed by atoms with E-state index in [1.165, 1.54) is 0 Å². The van der Waals surface area contributed by atoms with Crippen molar-refractivity contribution in [2.45, 2.75) is 47.9 Å². The van der Waals surface area contributed by atoms with Gasteiger partial charge >= 0.3 is 0 Å². The van der Waals surface area contributed by atoms with Gasteiger partial charge in [-0.15, -0.1) is 23.2 Å². The molecule has 148 valence electrons. The monoisotopic (exact) mass is 425 g/mol. The minimum Gasteiger partial charge on any atom is -0.279 e. The topological polar surface area (TPSA) is 37.4 Å². The van der Waals surface area contributed by atoms with Crippen LogP contribution >= 0.6 is 23.2 Å². The SMILES string of the molecule is O=C1[C@@H]2[C@H](C(=O)N1C1CCCCC1)C1(Cl)c3ccccc3C2(Cl)c2ccccc21. The fraction of sp³-hybridized carbons (Fsp3) is 0.417. The van der Waals surface area contributed by atoms with Gasteiger partial charge in [-0.3, -0.25) is 14.5 Å². The molecule has 2 fully saturated rings. The van der Waals surface area contributed by atoms with E-state index in [0.29, 0.717) is 0 Å². The highest BCUT2D eigenvalue weighted by molar-refractivity contribution is 6.36. The molecule has 1 heterocycles. The maximum atomic E-state index is 13.8. The molecule has 5 aliphatic rings. The predicted octanol–water partition coefficient (Wildman–Crippen LogP) is 4.91. The molecule has 0 radical (unpaired) electrons. The van der Waals surface area contributed by atoms with Gasteiger partial charge < -0.3 is 0 Å². The van der Waals surface area contributed by atoms with Gasteiger partial charge in [-0.1, -0.05) is 67.8 Å². The van der Waals surface area contributed by atoms with E-state index in [4.69, 9.17) is 23.2 Å². The van der Waals surface area contributed by atoms with Crippen molar-refractivity contribution in [1.82, 2.24) is 4.90 Å². The van der Waals surface area contributed by atoms with Crippen molar-refractivity contribution >= 4 is 35.0 Å². The fourth-order valence-corrected chi connectivity index (χ4v) is 7.49. The van der Waals surface area contributed by atoms with Gasteiger partial charge in [-0.05, 0) is 35.1 Å². The highest BCUT2D eigenvalue weighted by Crippen LogP contribution is 2.69. The molecule has 2 bridgehead atoms. The summed E-state index contributed by atoms with van der Waals surface area (Å²) in [6, 6.07) is 15.6. The smallest absolute Gasteiger partial charge is 0.235 e. The number of amides is 2. The zero-order valence-electron chi connectivity index (χ0n) is 15.9. The Balaban J connectivity index is 1.62. The first-order chi connectivity index (χ1) is 14.0. The second-order valence-electron chi connectivity index (χ2n) is 8.81. The Bertz CT molecular complexity index is 937. The molecule has 2 aromatic rings. The van der Waals surface area contributed by atoms with Gasteiger partial charge in [0, 0.05) is 6.04 Å². The normalized spacial score (nSPS) is 35.4. The van der Waals surface area contributed by atoms with E-state index in [9.17, 15) is 9.59 Å². The lowest BCUT2D eigenvalue weighted by Gasteiger charge is -2.54. The summed E-state index contributed by atoms with van der Waals surface area (Å²) in [5.74, 6) is -1.62. The molecule has 5 heteroatoms. The lowest BCUT2D eigenvalue weighted by atomic mass is 9.54. The van der Waals surface area contributed by atoms with Crippen molar-refractivity contribution in [2.24, 2.45) is 11.8 Å². The van der Waals surface area contributed by atoms with Crippen molar-refractivity contribution in [3.05, 3.63) is 70.8 Å². The first kappa shape index (κ1) is 18.0. The van der Waals surface area contributed by atoms with Crippen molar-refractivity contribution in [3.63, 3.8) is 0 Å². The number of carbonyl (C=O) groups is 2. The van der Waals surface area contributed by atoms with E-state index in [2.05, 4.69) is 0 Å². The highest BCUT2D eigenvalue weighted by atomic mass is 35.5. The average molecular weight is 426 g/mol. The lowest BCUT2D eigenvalue weighted by Crippen LogP contribution is -2.57. The second kappa shape index (κ2) is 5.86. The molecule has 2 aromatic carbocycles. The molecule has 1 saturated heterocycles. The van der Waals surface area contributed by atoms with Gasteiger partial charge in [0.05, 0.1) is 11.8 Å². The molecule has 0 N–H and O–H groups in total. The van der Waals surface area contributed by atoms with Crippen molar-refractivity contribution in [3.8, 4) is 0 Å². The average Bonchev–Trinajstić information content (AvgIpc) is 3.04. The van der Waals surface area contributed by atoms with E-state index in [1.807, 2.05) is 48.5 Å². The summed E-state index contributed by atoms with van der Waals surface area (Å²) in [4.78, 5) is 26.9. The number of nitrogens with zero attached hydrogens (tertiary/aromatic N) is 1. The summed E-state index contributed by atoms with van der Waals surface area (Å²) >= 11 is 14.9. The molecule has 29 heavy (non-hydrogen) atoms. The third-order valence-corrected chi connectivity index (χ3v) is 8.84. The number of likely N-dealkylation sites (tertiary alicyclic amines) is 1. The molecular weight excluding hydrogens is 405 g/mol. The number of hydrogen-bond donors (Lipinski definition) is 0. The predicted molar refractivity (Wildman–Crippen MR) is 112 cm³/mol. The first-order valence-electron chi connectivity index (χ1n) is 10.5. The van der Waals surface area contributed by atoms with Gasteiger partial charge in [0.15, 0.2) is 0 Å². The van der Waals surface area contributed by atoms with Crippen LogP contribution in [0.3, 0.4) is 0 Å². The standard InChI is InChI=1S/C24H21Cl2NO2/c25-23-15-10-4-5-11-16(15)24(26,18-13-7-6-12-17(18)23)20-19(23)21(28)27(22(20)29)14-8-2-1-3-9-14/h4-7,10-14,19-20H,1-3,8-9H2/t19-,20+,23?,24?. The van der Waals surface area contributed by atoms with E-state index >= 15 is 0 Å². The zero-order valence-corrected chi connectivity index (χ0v) is 17.4. The first-order valence-corrected chi connectivity index (χ1v) is 11.2. The summed E-state index contributed by atoms with van der Waals surface area (Å²) < 4.78 is 0. The zero-order chi connectivity index (χ0) is 20.0. The summed E-state index contributed by atoms with van der Waals surface area (Å²) in [5.41, 5.74) is 3.46. The maximum Gasteiger partial charge on any atom is 0.235 e. The number of imide groups is 1. The minimum atomic E-state index is -1.06. The number of hydrogen-bond acceptors (Lipinski definition) is 2. The minimum absolute atomic E-state index is 0.0273. The summed E-state index contributed by atoms with van der Waals surface area (Å²) in [6.07, 6.45) is 5.02. The quantitative estimate of drug-likeness (QED) is 0.480. The Hall–Kier alpha value is -1.84. The van der Waals surface area contributed by atoms with Crippen LogP contribution in [0.2, 0.25) is 0 Å². The van der Waals surface area contributed by atoms with Gasteiger partial charge in [0.25, 0.3) is 0 Å². The summed E-state index contributed by atoms with van der Waals surface area (Å²) in [7, 11) is 0. The summed E-state index contributed by atoms with van der Waals surface area (Å²) in [5, 5.41) is 0. The van der Waals surface area contributed by atoms with Crippen LogP contribution in [-0.4, -0.2) is 22.8 Å². The molecular formula is C24H21Cl2NO2. The Morgan fingerprint density at radius 2 is 1.07 bits per heavy atom. The molecule has 0 spiro atoms. The highest BCUT2D eigenvalue weighted by Gasteiger charge is 2.73. The number of alkyl halides is 2. The number of halogens is 2. The molecule has 0 aromatic heterocycles. The third kappa shape index (κ3) is 1.96. The van der Waals surface area contributed by atoms with E-state index in [1.54, 1.807) is 4.90 Å². The van der Waals surface area contributed by atoms with Crippen LogP contribution in [0.5, 0.6) is 0 Å². The number of benzene rings is 2. The molecule has 1 aliphatic heterocycles. The van der Waals surface area contributed by atoms with Gasteiger partial charge in [-0.2, -0.15) is 0 Å². The van der Waals surface area contributed by atoms with Gasteiger partial charge in [0.2, 0.25) is 11.8 Å². The second-order valence-corrected chi connectivity index (χ2v) is 10.0. The molecule has 0 unspecified atom stereocenters. The van der Waals surface area contributed by atoms with E-state index in [0.717, 1.165) is 54.4 Å². The van der Waals surface area contributed by atoms with Crippen LogP contribution in [0.15, 0.2) is 48.5 Å². The van der Waals surface area contributed by atoms with Crippen molar-refractivity contribution < 1.29 is 9.59 Å². The lowest BCUT2D eigenvalue weighted by molar-refractivity contribution is -0.143. The van der Waals surface area contributed by atoms with Crippen LogP contribution in [0.1, 0.15) is 54.4 Å². The molecule has 4 aliphatic carbocycles. The largest absolute Gasteiger partial charge is 0.279 e. The Morgan fingerprint density at radius 1 is 0.690 bits per heavy atom. The van der Waals surface area contributed by atoms with Crippen LogP contribution in [-0.2, 0) is 19.3 Å². The van der Waals surface area contributed by atoms with Gasteiger partial charge in [-0.25, -0.2) is 0 Å². The molecule has 3 nitrogen and oxygen atoms in total. The summed E-state index contributed by atoms with van der Waals surface area (Å²) in [6.45, 7) is 0. The fourth-order valence-electron chi connectivity index (χ4n) is 6.39. The Morgan fingerprint density at radius 3 is 1.45 bits per heavy atom. The molecule has 2 atom stereocenters. The van der Waals surface area contributed by atoms with Crippen LogP contribution in [0.4, 0.5) is 0 Å². The third-order valence-electron chi connectivity index (χ3n) is 7.56. The van der Waals surface area contributed by atoms with E-state index in [-0.39, 0.29) is 17.9 Å². The van der Waals surface area contributed by atoms with Crippen LogP contribution < -0.4 is 0 Å². The van der Waals surface area contributed by atoms with Crippen LogP contribution in [0, 0.1) is 11.8 Å². The molecule has 2 amide bonds.